The summed E-state index contributed by atoms with van der Waals surface area (Å²) in [5.74, 6) is 1.36. The minimum absolute atomic E-state index is 0.164. The molecule has 0 spiro atoms. The fraction of sp³-hybridized carbons (Fsp3) is 0.581. The summed E-state index contributed by atoms with van der Waals surface area (Å²) in [6.07, 6.45) is 7.70. The van der Waals surface area contributed by atoms with Crippen LogP contribution < -0.4 is 0 Å². The van der Waals surface area contributed by atoms with Crippen LogP contribution in [-0.2, 0) is 24.2 Å². The van der Waals surface area contributed by atoms with Crippen LogP contribution >= 0.6 is 0 Å². The van der Waals surface area contributed by atoms with Crippen LogP contribution in [0.2, 0.25) is 0 Å². The van der Waals surface area contributed by atoms with Crippen LogP contribution in [-0.4, -0.2) is 67.4 Å². The molecule has 1 aliphatic carbocycles. The maximum Gasteiger partial charge on any atom is 0.410 e. The zero-order valence-corrected chi connectivity index (χ0v) is 23.7. The number of aryl methyl sites for hydroxylation is 1. The Balaban J connectivity index is 1.41. The molecule has 1 aromatic carbocycles. The molecule has 0 radical (unpaired) electrons. The highest BCUT2D eigenvalue weighted by molar-refractivity contribution is 5.76. The molecule has 0 unspecified atom stereocenters. The number of aromatic nitrogens is 3. The molecule has 0 bridgehead atoms. The highest BCUT2D eigenvalue weighted by atomic mass is 16.6. The number of nitrogens with zero attached hydrogens (tertiary/aromatic N) is 5. The second-order valence-electron chi connectivity index (χ2n) is 12.1. The monoisotopic (exact) mass is 533 g/mol. The molecule has 2 aliphatic rings. The minimum Gasteiger partial charge on any atom is -0.444 e. The number of aliphatic hydroxyl groups is 1. The Kier molecular flexibility index (Phi) is 8.52. The van der Waals surface area contributed by atoms with Crippen molar-refractivity contribution in [1.82, 2.24) is 24.3 Å². The van der Waals surface area contributed by atoms with Gasteiger partial charge in [0.2, 0.25) is 0 Å². The Morgan fingerprint density at radius 3 is 2.82 bits per heavy atom. The van der Waals surface area contributed by atoms with Crippen LogP contribution in [0.5, 0.6) is 0 Å². The molecule has 1 N–H and O–H groups in total. The molecule has 0 saturated carbocycles. The molecular weight excluding hydrogens is 490 g/mol. The maximum atomic E-state index is 12.8. The number of aliphatic hydroxyl groups excluding tert-OH is 1. The minimum atomic E-state index is -0.498. The summed E-state index contributed by atoms with van der Waals surface area (Å²) in [5.41, 5.74) is 4.13. The zero-order valence-electron chi connectivity index (χ0n) is 23.7. The topological polar surface area (TPSA) is 83.7 Å². The number of likely N-dealkylation sites (tertiary alicyclic amines) is 1. The zero-order chi connectivity index (χ0) is 27.4. The van der Waals surface area contributed by atoms with E-state index in [1.807, 2.05) is 44.0 Å². The highest BCUT2D eigenvalue weighted by Crippen LogP contribution is 2.34. The molecule has 8 heteroatoms. The van der Waals surface area contributed by atoms with Crippen LogP contribution in [0.1, 0.15) is 76.0 Å². The molecule has 3 aromatic rings. The lowest BCUT2D eigenvalue weighted by atomic mass is 9.90. The van der Waals surface area contributed by atoms with Gasteiger partial charge in [-0.25, -0.2) is 9.78 Å². The molecule has 2 atom stereocenters. The van der Waals surface area contributed by atoms with E-state index in [2.05, 4.69) is 33.7 Å². The first-order chi connectivity index (χ1) is 18.8. The van der Waals surface area contributed by atoms with Crippen LogP contribution in [0.3, 0.4) is 0 Å². The number of hydrogen-bond donors (Lipinski definition) is 1. The largest absolute Gasteiger partial charge is 0.444 e. The number of rotatable bonds is 8. The van der Waals surface area contributed by atoms with Crippen molar-refractivity contribution in [2.75, 3.05) is 26.2 Å². The number of imidazole rings is 1. The highest BCUT2D eigenvalue weighted by Gasteiger charge is 2.31. The average Bonchev–Trinajstić information content (AvgIpc) is 3.26. The molecule has 1 aliphatic heterocycles. The van der Waals surface area contributed by atoms with Gasteiger partial charge in [-0.1, -0.05) is 18.2 Å². The van der Waals surface area contributed by atoms with E-state index in [-0.39, 0.29) is 18.7 Å². The third-order valence-corrected chi connectivity index (χ3v) is 7.90. The van der Waals surface area contributed by atoms with E-state index in [4.69, 9.17) is 14.7 Å². The summed E-state index contributed by atoms with van der Waals surface area (Å²) in [4.78, 5) is 27.1. The van der Waals surface area contributed by atoms with Crippen LogP contribution in [0.4, 0.5) is 4.79 Å². The molecule has 210 valence electrons. The lowest BCUT2D eigenvalue weighted by Crippen LogP contribution is -2.43. The van der Waals surface area contributed by atoms with E-state index in [1.54, 1.807) is 0 Å². The number of carbonyl (C=O) groups excluding carboxylic acids is 1. The van der Waals surface area contributed by atoms with Crippen molar-refractivity contribution >= 4 is 17.1 Å². The Bertz CT molecular complexity index is 1270. The number of para-hydroxylation sites is 2. The van der Waals surface area contributed by atoms with Gasteiger partial charge in [-0.05, 0) is 89.0 Å². The standard InChI is InChI=1S/C31H43N5O3/c1-31(2,3)39-30(38)35-17-8-10-23(20-35)21-36-26-14-5-4-13-25(26)33-28(36)22-34(18-9-19-37)27-15-6-11-24-12-7-16-32-29(24)27/h4-5,7,12-14,16,23,27,37H,6,8-11,15,17-22H2,1-3H3/t23-,27-/m0/s1. The van der Waals surface area contributed by atoms with Gasteiger partial charge in [0.1, 0.15) is 11.4 Å². The Hall–Kier alpha value is -2.97. The predicted octanol–water partition coefficient (Wildman–Crippen LogP) is 5.34. The van der Waals surface area contributed by atoms with E-state index in [1.165, 1.54) is 11.3 Å². The average molecular weight is 534 g/mol. The first kappa shape index (κ1) is 27.6. The van der Waals surface area contributed by atoms with E-state index < -0.39 is 5.60 Å². The van der Waals surface area contributed by atoms with E-state index >= 15 is 0 Å². The SMILES string of the molecule is CC(C)(C)OC(=O)N1CCC[C@H](Cn2c(CN(CCCO)[C@H]3CCCc4cccnc43)nc3ccccc32)C1. The summed E-state index contributed by atoms with van der Waals surface area (Å²) < 4.78 is 8.04. The third-order valence-electron chi connectivity index (χ3n) is 7.90. The second-order valence-corrected chi connectivity index (χ2v) is 12.1. The lowest BCUT2D eigenvalue weighted by molar-refractivity contribution is 0.0157. The smallest absolute Gasteiger partial charge is 0.410 e. The molecule has 39 heavy (non-hydrogen) atoms. The van der Waals surface area contributed by atoms with Crippen molar-refractivity contribution in [1.29, 1.82) is 0 Å². The van der Waals surface area contributed by atoms with Gasteiger partial charge in [-0.2, -0.15) is 0 Å². The molecule has 8 nitrogen and oxygen atoms in total. The van der Waals surface area contributed by atoms with E-state index in [0.29, 0.717) is 25.4 Å². The van der Waals surface area contributed by atoms with Crippen molar-refractivity contribution in [3.05, 3.63) is 59.7 Å². The first-order valence-electron chi connectivity index (χ1n) is 14.5. The molecule has 2 aromatic heterocycles. The van der Waals surface area contributed by atoms with Crippen molar-refractivity contribution in [3.8, 4) is 0 Å². The van der Waals surface area contributed by atoms with E-state index in [9.17, 15) is 9.90 Å². The van der Waals surface area contributed by atoms with Gasteiger partial charge in [0.25, 0.3) is 0 Å². The Morgan fingerprint density at radius 2 is 2.00 bits per heavy atom. The van der Waals surface area contributed by atoms with Gasteiger partial charge in [0, 0.05) is 39.0 Å². The summed E-state index contributed by atoms with van der Waals surface area (Å²) in [7, 11) is 0. The number of pyridine rings is 1. The Labute approximate surface area is 232 Å². The number of fused-ring (bicyclic) bond motifs is 2. The number of piperidine rings is 1. The number of hydrogen-bond acceptors (Lipinski definition) is 6. The molecule has 5 rings (SSSR count). The number of carbonyl (C=O) groups is 1. The van der Waals surface area contributed by atoms with Gasteiger partial charge >= 0.3 is 6.09 Å². The molecular formula is C31H43N5O3. The summed E-state index contributed by atoms with van der Waals surface area (Å²) in [5, 5.41) is 9.69. The van der Waals surface area contributed by atoms with Crippen LogP contribution in [0, 0.1) is 5.92 Å². The summed E-state index contributed by atoms with van der Waals surface area (Å²) in [6.45, 7) is 9.63. The number of amides is 1. The quantitative estimate of drug-likeness (QED) is 0.421. The lowest BCUT2D eigenvalue weighted by Gasteiger charge is -2.36. The number of benzene rings is 1. The van der Waals surface area contributed by atoms with Gasteiger partial charge < -0.3 is 19.3 Å². The fourth-order valence-corrected chi connectivity index (χ4v) is 6.16. The molecule has 1 amide bonds. The molecule has 3 heterocycles. The van der Waals surface area contributed by atoms with Crippen LogP contribution in [0.15, 0.2) is 42.6 Å². The molecule has 1 fully saturated rings. The van der Waals surface area contributed by atoms with Gasteiger partial charge in [-0.3, -0.25) is 9.88 Å². The normalized spacial score (nSPS) is 19.9. The van der Waals surface area contributed by atoms with Gasteiger partial charge in [0.05, 0.1) is 29.3 Å². The predicted molar refractivity (Wildman–Crippen MR) is 152 cm³/mol. The van der Waals surface area contributed by atoms with E-state index in [0.717, 1.165) is 68.6 Å². The van der Waals surface area contributed by atoms with Crippen LogP contribution in [0.25, 0.3) is 11.0 Å². The Morgan fingerprint density at radius 1 is 1.15 bits per heavy atom. The van der Waals surface area contributed by atoms with Crippen molar-refractivity contribution in [2.45, 2.75) is 84.0 Å². The fourth-order valence-electron chi connectivity index (χ4n) is 6.16. The first-order valence-corrected chi connectivity index (χ1v) is 14.5. The van der Waals surface area contributed by atoms with Gasteiger partial charge in [0.15, 0.2) is 0 Å². The summed E-state index contributed by atoms with van der Waals surface area (Å²) >= 11 is 0. The van der Waals surface area contributed by atoms with Crippen molar-refractivity contribution in [3.63, 3.8) is 0 Å². The summed E-state index contributed by atoms with van der Waals surface area (Å²) in [6, 6.07) is 12.8. The van der Waals surface area contributed by atoms with Crippen molar-refractivity contribution in [2.24, 2.45) is 5.92 Å². The number of ether oxygens (including phenoxy) is 1. The maximum absolute atomic E-state index is 12.8. The molecule has 1 saturated heterocycles. The van der Waals surface area contributed by atoms with Gasteiger partial charge in [-0.15, -0.1) is 0 Å². The second kappa shape index (κ2) is 12.0. The third kappa shape index (κ3) is 6.61. The van der Waals surface area contributed by atoms with Crippen molar-refractivity contribution < 1.29 is 14.6 Å².